The van der Waals surface area contributed by atoms with Gasteiger partial charge in [-0.25, -0.2) is 26.7 Å². The molecule has 0 aliphatic rings. The topological polar surface area (TPSA) is 132 Å². The Morgan fingerprint density at radius 3 is 2.39 bits per heavy atom. The molecule has 1 rings (SSSR count). The lowest BCUT2D eigenvalue weighted by Crippen LogP contribution is -2.31. The van der Waals surface area contributed by atoms with Crippen LogP contribution in [-0.2, 0) is 20.0 Å². The maximum Gasteiger partial charge on any atom is 0.242 e. The molecule has 102 valence electrons. The second-order valence-corrected chi connectivity index (χ2v) is 7.35. The summed E-state index contributed by atoms with van der Waals surface area (Å²) >= 11 is 5.67. The summed E-state index contributed by atoms with van der Waals surface area (Å²) in [7, 11) is -7.65. The van der Waals surface area contributed by atoms with Crippen LogP contribution in [0.1, 0.15) is 0 Å². The Kier molecular flexibility index (Phi) is 4.56. The van der Waals surface area contributed by atoms with Gasteiger partial charge in [0.15, 0.2) is 0 Å². The van der Waals surface area contributed by atoms with E-state index in [2.05, 4.69) is 4.72 Å². The normalized spacial score (nSPS) is 12.6. The fourth-order valence-corrected chi connectivity index (χ4v) is 3.08. The summed E-state index contributed by atoms with van der Waals surface area (Å²) in [6.45, 7) is -0.340. The van der Waals surface area contributed by atoms with Crippen molar-refractivity contribution in [1.29, 1.82) is 0 Å². The molecule has 0 unspecified atom stereocenters. The quantitative estimate of drug-likeness (QED) is 0.630. The summed E-state index contributed by atoms with van der Waals surface area (Å²) in [6, 6.07) is 3.97. The van der Waals surface area contributed by atoms with E-state index < -0.39 is 25.8 Å². The van der Waals surface area contributed by atoms with E-state index in [1.165, 1.54) is 18.2 Å². The van der Waals surface area contributed by atoms with Crippen LogP contribution < -0.4 is 15.6 Å². The zero-order valence-electron chi connectivity index (χ0n) is 9.13. The van der Waals surface area contributed by atoms with Gasteiger partial charge in [-0.05, 0) is 18.2 Å². The van der Waals surface area contributed by atoms with Gasteiger partial charge in [-0.3, -0.25) is 0 Å². The molecule has 1 aromatic rings. The molecule has 0 amide bonds. The van der Waals surface area contributed by atoms with Crippen molar-refractivity contribution in [2.45, 2.75) is 4.90 Å². The summed E-state index contributed by atoms with van der Waals surface area (Å²) in [5.74, 6) is -0.507. The number of sulfonamides is 2. The van der Waals surface area contributed by atoms with E-state index in [4.69, 9.17) is 22.5 Å². The summed E-state index contributed by atoms with van der Waals surface area (Å²) in [4.78, 5) is -0.204. The van der Waals surface area contributed by atoms with Crippen molar-refractivity contribution in [3.63, 3.8) is 0 Å². The van der Waals surface area contributed by atoms with E-state index in [1.54, 1.807) is 0 Å². The Morgan fingerprint density at radius 1 is 1.22 bits per heavy atom. The zero-order valence-corrected chi connectivity index (χ0v) is 11.5. The molecule has 0 saturated carbocycles. The van der Waals surface area contributed by atoms with Gasteiger partial charge < -0.3 is 5.73 Å². The minimum atomic E-state index is -3.92. The van der Waals surface area contributed by atoms with Gasteiger partial charge in [0.1, 0.15) is 4.90 Å². The highest BCUT2D eigenvalue weighted by atomic mass is 35.5. The standard InChI is InChI=1S/C8H12ClN3O4S2/c9-6-1-2-7(10)8(5-6)18(15,16)12-3-4-17(11,13)14/h1-2,5,12H,3-4,10H2,(H2,11,13,14). The number of nitrogens with one attached hydrogen (secondary N) is 1. The zero-order chi connectivity index (χ0) is 14.0. The van der Waals surface area contributed by atoms with Crippen LogP contribution in [0, 0.1) is 0 Å². The third-order valence-electron chi connectivity index (χ3n) is 1.94. The van der Waals surface area contributed by atoms with Crippen molar-refractivity contribution in [1.82, 2.24) is 4.72 Å². The summed E-state index contributed by atoms with van der Waals surface area (Å²) in [5, 5.41) is 4.95. The molecule has 0 heterocycles. The minimum absolute atomic E-state index is 0.0162. The fourth-order valence-electron chi connectivity index (χ4n) is 1.14. The molecule has 0 aliphatic heterocycles. The van der Waals surface area contributed by atoms with Crippen LogP contribution in [-0.4, -0.2) is 29.1 Å². The Balaban J connectivity index is 2.90. The van der Waals surface area contributed by atoms with Crippen molar-refractivity contribution in [3.8, 4) is 0 Å². The second-order valence-electron chi connectivity index (χ2n) is 3.45. The number of primary sulfonamides is 1. The van der Waals surface area contributed by atoms with Crippen LogP contribution >= 0.6 is 11.6 Å². The molecular formula is C8H12ClN3O4S2. The third-order valence-corrected chi connectivity index (χ3v) is 4.47. The first-order valence-electron chi connectivity index (χ1n) is 4.67. The lowest BCUT2D eigenvalue weighted by molar-refractivity contribution is 0.581. The predicted molar refractivity (Wildman–Crippen MR) is 69.0 cm³/mol. The van der Waals surface area contributed by atoms with Crippen LogP contribution in [0.2, 0.25) is 5.02 Å². The molecule has 7 nitrogen and oxygen atoms in total. The number of halogens is 1. The van der Waals surface area contributed by atoms with Gasteiger partial charge in [-0.2, -0.15) is 0 Å². The molecular weight excluding hydrogens is 302 g/mol. The molecule has 0 aromatic heterocycles. The van der Waals surface area contributed by atoms with E-state index in [-0.39, 0.29) is 22.2 Å². The van der Waals surface area contributed by atoms with E-state index in [0.717, 1.165) is 0 Å². The van der Waals surface area contributed by atoms with Crippen LogP contribution in [0.4, 0.5) is 5.69 Å². The van der Waals surface area contributed by atoms with Crippen molar-refractivity contribution in [3.05, 3.63) is 23.2 Å². The Morgan fingerprint density at radius 2 is 1.83 bits per heavy atom. The molecule has 5 N–H and O–H groups in total. The maximum absolute atomic E-state index is 11.8. The van der Waals surface area contributed by atoms with Gasteiger partial charge in [0.2, 0.25) is 20.0 Å². The van der Waals surface area contributed by atoms with Crippen molar-refractivity contribution >= 4 is 37.3 Å². The first-order chi connectivity index (χ1) is 8.12. The highest BCUT2D eigenvalue weighted by Crippen LogP contribution is 2.22. The first kappa shape index (κ1) is 15.2. The average Bonchev–Trinajstić information content (AvgIpc) is 2.19. The van der Waals surface area contributed by atoms with Gasteiger partial charge in [-0.15, -0.1) is 0 Å². The van der Waals surface area contributed by atoms with Gasteiger partial charge >= 0.3 is 0 Å². The number of benzene rings is 1. The number of hydrogen-bond donors (Lipinski definition) is 3. The molecule has 0 bridgehead atoms. The molecule has 18 heavy (non-hydrogen) atoms. The Hall–Kier alpha value is -0.870. The van der Waals surface area contributed by atoms with Crippen LogP contribution in [0.25, 0.3) is 0 Å². The smallest absolute Gasteiger partial charge is 0.242 e. The first-order valence-corrected chi connectivity index (χ1v) is 8.25. The van der Waals surface area contributed by atoms with Gasteiger partial charge in [-0.1, -0.05) is 11.6 Å². The molecule has 10 heteroatoms. The molecule has 0 fully saturated rings. The number of anilines is 1. The lowest BCUT2D eigenvalue weighted by atomic mass is 10.3. The summed E-state index contributed by atoms with van der Waals surface area (Å²) in [6.07, 6.45) is 0. The number of hydrogen-bond acceptors (Lipinski definition) is 5. The van der Waals surface area contributed by atoms with E-state index in [9.17, 15) is 16.8 Å². The summed E-state index contributed by atoms with van der Waals surface area (Å²) in [5.41, 5.74) is 5.53. The molecule has 0 aliphatic carbocycles. The minimum Gasteiger partial charge on any atom is -0.398 e. The fraction of sp³-hybridized carbons (Fsp3) is 0.250. The van der Waals surface area contributed by atoms with Crippen molar-refractivity contribution < 1.29 is 16.8 Å². The summed E-state index contributed by atoms with van der Waals surface area (Å²) < 4.78 is 47.0. The van der Waals surface area contributed by atoms with Crippen molar-refractivity contribution in [2.75, 3.05) is 18.0 Å². The Bertz CT molecular complexity index is 642. The number of nitrogen functional groups attached to an aromatic ring is 1. The monoisotopic (exact) mass is 313 g/mol. The van der Waals surface area contributed by atoms with Gasteiger partial charge in [0.25, 0.3) is 0 Å². The van der Waals surface area contributed by atoms with Gasteiger partial charge in [0.05, 0.1) is 11.4 Å². The maximum atomic E-state index is 11.8. The van der Waals surface area contributed by atoms with Crippen LogP contribution in [0.5, 0.6) is 0 Å². The molecule has 0 atom stereocenters. The Labute approximate surface area is 110 Å². The predicted octanol–water partition coefficient (Wildman–Crippen LogP) is -0.511. The number of rotatable bonds is 5. The lowest BCUT2D eigenvalue weighted by Gasteiger charge is -2.08. The SMILES string of the molecule is Nc1ccc(Cl)cc1S(=O)(=O)NCCS(N)(=O)=O. The highest BCUT2D eigenvalue weighted by Gasteiger charge is 2.18. The van der Waals surface area contributed by atoms with Crippen molar-refractivity contribution in [2.24, 2.45) is 5.14 Å². The van der Waals surface area contributed by atoms with E-state index in [0.29, 0.717) is 0 Å². The second kappa shape index (κ2) is 5.41. The molecule has 0 radical (unpaired) electrons. The largest absolute Gasteiger partial charge is 0.398 e. The van der Waals surface area contributed by atoms with Crippen LogP contribution in [0.15, 0.2) is 23.1 Å². The number of nitrogens with two attached hydrogens (primary N) is 2. The highest BCUT2D eigenvalue weighted by molar-refractivity contribution is 7.90. The van der Waals surface area contributed by atoms with E-state index in [1.807, 2.05) is 0 Å². The third kappa shape index (κ3) is 4.42. The van der Waals surface area contributed by atoms with E-state index >= 15 is 0 Å². The van der Waals surface area contributed by atoms with Gasteiger partial charge in [0, 0.05) is 11.6 Å². The molecule has 0 spiro atoms. The molecule has 0 saturated heterocycles. The molecule has 1 aromatic carbocycles. The average molecular weight is 314 g/mol. The van der Waals surface area contributed by atoms with Crippen LogP contribution in [0.3, 0.4) is 0 Å².